The van der Waals surface area contributed by atoms with Gasteiger partial charge in [0.15, 0.2) is 5.78 Å². The average molecular weight is 359 g/mol. The van der Waals surface area contributed by atoms with E-state index in [1.165, 1.54) is 6.92 Å². The van der Waals surface area contributed by atoms with Crippen molar-refractivity contribution < 1.29 is 14.4 Å². The third kappa shape index (κ3) is 5.14. The molecule has 1 aliphatic rings. The standard InChI is InChI=1S/C20H29N3O3/c1-14(2)20(26)23-10-6-9-22(11-12-23)15(3)19(25)21-18-8-5-7-17(13-18)16(4)24/h5,7-8,13-15H,6,9-12H2,1-4H3,(H,21,25). The summed E-state index contributed by atoms with van der Waals surface area (Å²) in [5.74, 6) is 0.0340. The smallest absolute Gasteiger partial charge is 0.241 e. The number of carbonyl (C=O) groups is 3. The van der Waals surface area contributed by atoms with E-state index in [0.717, 1.165) is 19.5 Å². The lowest BCUT2D eigenvalue weighted by molar-refractivity contribution is -0.134. The molecular weight excluding hydrogens is 330 g/mol. The topological polar surface area (TPSA) is 69.7 Å². The number of benzene rings is 1. The van der Waals surface area contributed by atoms with E-state index in [2.05, 4.69) is 10.2 Å². The molecule has 0 aliphatic carbocycles. The van der Waals surface area contributed by atoms with Gasteiger partial charge in [0, 0.05) is 43.3 Å². The molecule has 1 fully saturated rings. The highest BCUT2D eigenvalue weighted by atomic mass is 16.2. The molecule has 2 rings (SSSR count). The summed E-state index contributed by atoms with van der Waals surface area (Å²) in [6.07, 6.45) is 0.857. The second-order valence-corrected chi connectivity index (χ2v) is 7.17. The molecule has 1 unspecified atom stereocenters. The Kier molecular flexibility index (Phi) is 6.91. The van der Waals surface area contributed by atoms with E-state index < -0.39 is 0 Å². The summed E-state index contributed by atoms with van der Waals surface area (Å²) in [6.45, 7) is 10.1. The van der Waals surface area contributed by atoms with Crippen LogP contribution in [0.3, 0.4) is 0 Å². The molecule has 0 aromatic heterocycles. The van der Waals surface area contributed by atoms with Gasteiger partial charge in [-0.15, -0.1) is 0 Å². The summed E-state index contributed by atoms with van der Waals surface area (Å²) in [7, 11) is 0. The van der Waals surface area contributed by atoms with Crippen LogP contribution >= 0.6 is 0 Å². The number of Topliss-reactive ketones (excluding diaryl/α,β-unsaturated/α-hetero) is 1. The number of hydrogen-bond acceptors (Lipinski definition) is 4. The monoisotopic (exact) mass is 359 g/mol. The Morgan fingerprint density at radius 2 is 1.77 bits per heavy atom. The van der Waals surface area contributed by atoms with Gasteiger partial charge in [-0.3, -0.25) is 19.3 Å². The largest absolute Gasteiger partial charge is 0.341 e. The predicted octanol–water partition coefficient (Wildman–Crippen LogP) is 2.41. The van der Waals surface area contributed by atoms with E-state index in [1.54, 1.807) is 24.3 Å². The summed E-state index contributed by atoms with van der Waals surface area (Å²) in [6, 6.07) is 6.67. The van der Waals surface area contributed by atoms with Crippen molar-refractivity contribution in [3.8, 4) is 0 Å². The van der Waals surface area contributed by atoms with E-state index in [-0.39, 0.29) is 29.6 Å². The first kappa shape index (κ1) is 20.1. The maximum atomic E-state index is 12.6. The molecule has 6 nitrogen and oxygen atoms in total. The number of nitrogens with zero attached hydrogens (tertiary/aromatic N) is 2. The first-order valence-electron chi connectivity index (χ1n) is 9.24. The Bertz CT molecular complexity index is 672. The Morgan fingerprint density at radius 3 is 2.42 bits per heavy atom. The van der Waals surface area contributed by atoms with Gasteiger partial charge in [0.1, 0.15) is 0 Å². The van der Waals surface area contributed by atoms with Crippen LogP contribution < -0.4 is 5.32 Å². The van der Waals surface area contributed by atoms with Crippen molar-refractivity contribution in [1.29, 1.82) is 0 Å². The zero-order valence-corrected chi connectivity index (χ0v) is 16.1. The van der Waals surface area contributed by atoms with Crippen LogP contribution in [0.5, 0.6) is 0 Å². The lowest BCUT2D eigenvalue weighted by atomic mass is 10.1. The van der Waals surface area contributed by atoms with Crippen molar-refractivity contribution in [1.82, 2.24) is 9.80 Å². The van der Waals surface area contributed by atoms with Gasteiger partial charge in [-0.05, 0) is 32.4 Å². The van der Waals surface area contributed by atoms with Crippen LogP contribution in [0, 0.1) is 5.92 Å². The summed E-state index contributed by atoms with van der Waals surface area (Å²) >= 11 is 0. The molecule has 6 heteroatoms. The second kappa shape index (κ2) is 8.94. The quantitative estimate of drug-likeness (QED) is 0.820. The maximum Gasteiger partial charge on any atom is 0.241 e. The number of rotatable bonds is 5. The summed E-state index contributed by atoms with van der Waals surface area (Å²) in [5.41, 5.74) is 1.20. The first-order chi connectivity index (χ1) is 12.3. The minimum Gasteiger partial charge on any atom is -0.341 e. The Hall–Kier alpha value is -2.21. The van der Waals surface area contributed by atoms with Gasteiger partial charge in [-0.25, -0.2) is 0 Å². The summed E-state index contributed by atoms with van der Waals surface area (Å²) in [4.78, 5) is 40.3. The highest BCUT2D eigenvalue weighted by molar-refractivity contribution is 5.98. The van der Waals surface area contributed by atoms with E-state index in [9.17, 15) is 14.4 Å². The van der Waals surface area contributed by atoms with Crippen molar-refractivity contribution in [3.05, 3.63) is 29.8 Å². The number of anilines is 1. The van der Waals surface area contributed by atoms with Crippen LogP contribution in [-0.4, -0.2) is 59.6 Å². The average Bonchev–Trinajstić information content (AvgIpc) is 2.86. The highest BCUT2D eigenvalue weighted by Crippen LogP contribution is 2.14. The molecule has 142 valence electrons. The Labute approximate surface area is 155 Å². The van der Waals surface area contributed by atoms with Crippen molar-refractivity contribution in [2.45, 2.75) is 40.2 Å². The molecule has 1 heterocycles. The molecule has 0 spiro atoms. The minimum atomic E-state index is -0.301. The van der Waals surface area contributed by atoms with Gasteiger partial charge in [0.2, 0.25) is 11.8 Å². The van der Waals surface area contributed by atoms with Crippen LogP contribution in [0.1, 0.15) is 44.5 Å². The lowest BCUT2D eigenvalue weighted by Gasteiger charge is -2.27. The maximum absolute atomic E-state index is 12.6. The first-order valence-corrected chi connectivity index (χ1v) is 9.24. The third-order valence-corrected chi connectivity index (χ3v) is 4.80. The molecule has 0 radical (unpaired) electrons. The molecule has 0 bridgehead atoms. The third-order valence-electron chi connectivity index (χ3n) is 4.80. The van der Waals surface area contributed by atoms with Crippen molar-refractivity contribution in [2.24, 2.45) is 5.92 Å². The van der Waals surface area contributed by atoms with Gasteiger partial charge in [-0.1, -0.05) is 26.0 Å². The van der Waals surface area contributed by atoms with E-state index in [0.29, 0.717) is 24.3 Å². The zero-order valence-electron chi connectivity index (χ0n) is 16.1. The molecule has 1 N–H and O–H groups in total. The van der Waals surface area contributed by atoms with E-state index >= 15 is 0 Å². The van der Waals surface area contributed by atoms with Crippen LogP contribution in [0.2, 0.25) is 0 Å². The van der Waals surface area contributed by atoms with Crippen LogP contribution in [-0.2, 0) is 9.59 Å². The summed E-state index contributed by atoms with van der Waals surface area (Å²) < 4.78 is 0. The lowest BCUT2D eigenvalue weighted by Crippen LogP contribution is -2.44. The second-order valence-electron chi connectivity index (χ2n) is 7.17. The molecule has 1 aliphatic heterocycles. The van der Waals surface area contributed by atoms with E-state index in [4.69, 9.17) is 0 Å². The van der Waals surface area contributed by atoms with Gasteiger partial charge in [0.25, 0.3) is 0 Å². The fourth-order valence-corrected chi connectivity index (χ4v) is 3.14. The van der Waals surface area contributed by atoms with Crippen molar-refractivity contribution in [3.63, 3.8) is 0 Å². The number of nitrogens with one attached hydrogen (secondary N) is 1. The number of carbonyl (C=O) groups excluding carboxylic acids is 3. The molecule has 2 amide bonds. The molecule has 26 heavy (non-hydrogen) atoms. The van der Waals surface area contributed by atoms with Crippen LogP contribution in [0.4, 0.5) is 5.69 Å². The predicted molar refractivity (Wildman–Crippen MR) is 102 cm³/mol. The fourth-order valence-electron chi connectivity index (χ4n) is 3.14. The van der Waals surface area contributed by atoms with Crippen LogP contribution in [0.25, 0.3) is 0 Å². The fraction of sp³-hybridized carbons (Fsp3) is 0.550. The SMILES string of the molecule is CC(=O)c1cccc(NC(=O)C(C)N2CCCN(C(=O)C(C)C)CC2)c1. The molecule has 1 atom stereocenters. The highest BCUT2D eigenvalue weighted by Gasteiger charge is 2.26. The molecular formula is C20H29N3O3. The summed E-state index contributed by atoms with van der Waals surface area (Å²) in [5, 5.41) is 2.89. The molecule has 1 aromatic rings. The number of hydrogen-bond donors (Lipinski definition) is 1. The van der Waals surface area contributed by atoms with Crippen LogP contribution in [0.15, 0.2) is 24.3 Å². The van der Waals surface area contributed by atoms with Gasteiger partial charge in [-0.2, -0.15) is 0 Å². The van der Waals surface area contributed by atoms with Gasteiger partial charge < -0.3 is 10.2 Å². The number of amides is 2. The normalized spacial score (nSPS) is 16.9. The molecule has 1 saturated heterocycles. The minimum absolute atomic E-state index is 0.00387. The van der Waals surface area contributed by atoms with Crippen molar-refractivity contribution in [2.75, 3.05) is 31.5 Å². The van der Waals surface area contributed by atoms with Crippen molar-refractivity contribution >= 4 is 23.3 Å². The van der Waals surface area contributed by atoms with E-state index in [1.807, 2.05) is 25.7 Å². The number of ketones is 1. The van der Waals surface area contributed by atoms with Gasteiger partial charge >= 0.3 is 0 Å². The van der Waals surface area contributed by atoms with Gasteiger partial charge in [0.05, 0.1) is 6.04 Å². The Balaban J connectivity index is 1.96. The molecule has 1 aromatic carbocycles. The zero-order chi connectivity index (χ0) is 19.3. The molecule has 0 saturated carbocycles. The Morgan fingerprint density at radius 1 is 1.04 bits per heavy atom.